The Morgan fingerprint density at radius 1 is 1.05 bits per heavy atom. The summed E-state index contributed by atoms with van der Waals surface area (Å²) in [6, 6.07) is 1.79. The van der Waals surface area contributed by atoms with Crippen molar-refractivity contribution in [2.75, 3.05) is 45.9 Å². The van der Waals surface area contributed by atoms with E-state index >= 15 is 0 Å². The normalized spacial score (nSPS) is 11.4. The van der Waals surface area contributed by atoms with E-state index in [-0.39, 0.29) is 5.41 Å². The molecule has 0 atom stereocenters. The molecule has 0 aliphatic heterocycles. The van der Waals surface area contributed by atoms with Gasteiger partial charge in [0, 0.05) is 32.2 Å². The number of ether oxygens (including phenoxy) is 3. The fourth-order valence-electron chi connectivity index (χ4n) is 1.44. The Morgan fingerprint density at radius 3 is 2.35 bits per heavy atom. The van der Waals surface area contributed by atoms with Gasteiger partial charge in [-0.2, -0.15) is 4.98 Å². The summed E-state index contributed by atoms with van der Waals surface area (Å²) in [5, 5.41) is 3.20. The van der Waals surface area contributed by atoms with Crippen LogP contribution in [0.2, 0.25) is 0 Å². The first kappa shape index (κ1) is 16.7. The van der Waals surface area contributed by atoms with Gasteiger partial charge >= 0.3 is 0 Å². The Kier molecular flexibility index (Phi) is 6.67. The predicted octanol–water partition coefficient (Wildman–Crippen LogP) is 1.86. The molecular weight excluding hydrogens is 258 g/mol. The third-order valence-corrected chi connectivity index (χ3v) is 2.52. The molecule has 114 valence electrons. The molecule has 0 aromatic carbocycles. The van der Waals surface area contributed by atoms with E-state index < -0.39 is 0 Å². The van der Waals surface area contributed by atoms with Gasteiger partial charge in [0.25, 0.3) is 0 Å². The van der Waals surface area contributed by atoms with Gasteiger partial charge in [0.1, 0.15) is 18.2 Å². The molecular formula is C14H25N3O3. The highest BCUT2D eigenvalue weighted by atomic mass is 16.5. The molecule has 6 heteroatoms. The van der Waals surface area contributed by atoms with Crippen molar-refractivity contribution in [3.05, 3.63) is 11.9 Å². The van der Waals surface area contributed by atoms with Gasteiger partial charge < -0.3 is 19.5 Å². The smallest absolute Gasteiger partial charge is 0.218 e. The van der Waals surface area contributed by atoms with Crippen LogP contribution in [0, 0.1) is 0 Å². The van der Waals surface area contributed by atoms with Crippen LogP contribution in [0.4, 0.5) is 5.82 Å². The quantitative estimate of drug-likeness (QED) is 0.735. The molecule has 20 heavy (non-hydrogen) atoms. The maximum absolute atomic E-state index is 5.58. The molecule has 0 radical (unpaired) electrons. The number of nitrogens with one attached hydrogen (secondary N) is 1. The lowest BCUT2D eigenvalue weighted by molar-refractivity contribution is 0.143. The van der Waals surface area contributed by atoms with Crippen LogP contribution in [0.1, 0.15) is 26.6 Å². The monoisotopic (exact) mass is 283 g/mol. The SMILES string of the molecule is COCCNc1cc(OCCOC)nc(C(C)(C)C)n1. The van der Waals surface area contributed by atoms with Crippen LogP contribution in [0.15, 0.2) is 6.07 Å². The summed E-state index contributed by atoms with van der Waals surface area (Å²) in [5.74, 6) is 2.05. The molecule has 0 aliphatic rings. The van der Waals surface area contributed by atoms with Crippen LogP contribution in [0.25, 0.3) is 0 Å². The van der Waals surface area contributed by atoms with E-state index in [1.165, 1.54) is 0 Å². The Morgan fingerprint density at radius 2 is 1.75 bits per heavy atom. The van der Waals surface area contributed by atoms with Crippen LogP contribution < -0.4 is 10.1 Å². The summed E-state index contributed by atoms with van der Waals surface area (Å²) < 4.78 is 15.6. The van der Waals surface area contributed by atoms with E-state index in [0.29, 0.717) is 32.2 Å². The summed E-state index contributed by atoms with van der Waals surface area (Å²) in [6.07, 6.45) is 0. The fourth-order valence-corrected chi connectivity index (χ4v) is 1.44. The van der Waals surface area contributed by atoms with Gasteiger partial charge in [-0.25, -0.2) is 4.98 Å². The maximum Gasteiger partial charge on any atom is 0.218 e. The minimum Gasteiger partial charge on any atom is -0.475 e. The number of anilines is 1. The van der Waals surface area contributed by atoms with Gasteiger partial charge in [0.15, 0.2) is 0 Å². The average molecular weight is 283 g/mol. The predicted molar refractivity (Wildman–Crippen MR) is 78.5 cm³/mol. The Labute approximate surface area is 120 Å². The third kappa shape index (κ3) is 5.71. The van der Waals surface area contributed by atoms with Crippen molar-refractivity contribution in [3.63, 3.8) is 0 Å². The van der Waals surface area contributed by atoms with Crippen LogP contribution in [0.3, 0.4) is 0 Å². The molecule has 0 unspecified atom stereocenters. The summed E-state index contributed by atoms with van der Waals surface area (Å²) in [5.41, 5.74) is -0.141. The largest absolute Gasteiger partial charge is 0.475 e. The van der Waals surface area contributed by atoms with E-state index in [9.17, 15) is 0 Å². The topological polar surface area (TPSA) is 65.5 Å². The standard InChI is InChI=1S/C14H25N3O3/c1-14(2,3)13-16-11(15-6-7-18-4)10-12(17-13)20-9-8-19-5/h10H,6-9H2,1-5H3,(H,15,16,17). The number of hydrogen-bond donors (Lipinski definition) is 1. The van der Waals surface area contributed by atoms with Crippen molar-refractivity contribution in [1.82, 2.24) is 9.97 Å². The Hall–Kier alpha value is -1.40. The number of nitrogens with zero attached hydrogens (tertiary/aromatic N) is 2. The summed E-state index contributed by atoms with van der Waals surface area (Å²) in [6.45, 7) is 8.51. The summed E-state index contributed by atoms with van der Waals surface area (Å²) >= 11 is 0. The molecule has 0 aliphatic carbocycles. The van der Waals surface area contributed by atoms with E-state index in [2.05, 4.69) is 36.1 Å². The highest BCUT2D eigenvalue weighted by Crippen LogP contribution is 2.23. The highest BCUT2D eigenvalue weighted by Gasteiger charge is 2.19. The van der Waals surface area contributed by atoms with Gasteiger partial charge in [-0.1, -0.05) is 20.8 Å². The van der Waals surface area contributed by atoms with Crippen molar-refractivity contribution >= 4 is 5.82 Å². The van der Waals surface area contributed by atoms with Crippen molar-refractivity contribution in [2.24, 2.45) is 0 Å². The van der Waals surface area contributed by atoms with E-state index in [0.717, 1.165) is 11.6 Å². The molecule has 1 aromatic rings. The van der Waals surface area contributed by atoms with Gasteiger partial charge in [0.05, 0.1) is 13.2 Å². The second-order valence-electron chi connectivity index (χ2n) is 5.43. The zero-order chi connectivity index (χ0) is 15.0. The number of methoxy groups -OCH3 is 2. The summed E-state index contributed by atoms with van der Waals surface area (Å²) in [7, 11) is 3.31. The van der Waals surface area contributed by atoms with Gasteiger partial charge in [-0.05, 0) is 0 Å². The first-order valence-corrected chi connectivity index (χ1v) is 6.71. The van der Waals surface area contributed by atoms with Crippen molar-refractivity contribution < 1.29 is 14.2 Å². The van der Waals surface area contributed by atoms with Gasteiger partial charge in [-0.15, -0.1) is 0 Å². The molecule has 0 saturated carbocycles. The molecule has 1 N–H and O–H groups in total. The number of hydrogen-bond acceptors (Lipinski definition) is 6. The van der Waals surface area contributed by atoms with Gasteiger partial charge in [-0.3, -0.25) is 0 Å². The van der Waals surface area contributed by atoms with Gasteiger partial charge in [0.2, 0.25) is 5.88 Å². The zero-order valence-electron chi connectivity index (χ0n) is 13.0. The number of aromatic nitrogens is 2. The number of rotatable bonds is 8. The molecule has 1 rings (SSSR count). The first-order valence-electron chi connectivity index (χ1n) is 6.71. The third-order valence-electron chi connectivity index (χ3n) is 2.52. The van der Waals surface area contributed by atoms with E-state index in [4.69, 9.17) is 14.2 Å². The lowest BCUT2D eigenvalue weighted by Gasteiger charge is -2.19. The highest BCUT2D eigenvalue weighted by molar-refractivity contribution is 5.39. The molecule has 0 amide bonds. The zero-order valence-corrected chi connectivity index (χ0v) is 13.0. The average Bonchev–Trinajstić information content (AvgIpc) is 2.38. The molecule has 0 fully saturated rings. The molecule has 1 heterocycles. The van der Waals surface area contributed by atoms with Crippen LogP contribution >= 0.6 is 0 Å². The summed E-state index contributed by atoms with van der Waals surface area (Å²) in [4.78, 5) is 8.96. The molecule has 6 nitrogen and oxygen atoms in total. The fraction of sp³-hybridized carbons (Fsp3) is 0.714. The van der Waals surface area contributed by atoms with E-state index in [1.54, 1.807) is 20.3 Å². The molecule has 0 bridgehead atoms. The second-order valence-corrected chi connectivity index (χ2v) is 5.43. The van der Waals surface area contributed by atoms with Crippen LogP contribution in [-0.4, -0.2) is 50.6 Å². The van der Waals surface area contributed by atoms with Crippen molar-refractivity contribution in [1.29, 1.82) is 0 Å². The lowest BCUT2D eigenvalue weighted by Crippen LogP contribution is -2.19. The minimum atomic E-state index is -0.141. The minimum absolute atomic E-state index is 0.141. The van der Waals surface area contributed by atoms with Crippen LogP contribution in [0.5, 0.6) is 5.88 Å². The Balaban J connectivity index is 2.84. The molecule has 1 aromatic heterocycles. The Bertz CT molecular complexity index is 377. The lowest BCUT2D eigenvalue weighted by atomic mass is 9.96. The second kappa shape index (κ2) is 8.01. The van der Waals surface area contributed by atoms with Crippen molar-refractivity contribution in [2.45, 2.75) is 26.2 Å². The maximum atomic E-state index is 5.58. The first-order chi connectivity index (χ1) is 9.47. The van der Waals surface area contributed by atoms with Crippen molar-refractivity contribution in [3.8, 4) is 5.88 Å². The molecule has 0 saturated heterocycles. The molecule has 0 spiro atoms. The van der Waals surface area contributed by atoms with Crippen LogP contribution in [-0.2, 0) is 14.9 Å². The van der Waals surface area contributed by atoms with E-state index in [1.807, 2.05) is 0 Å².